The minimum absolute atomic E-state index is 0.0137. The molecule has 0 fully saturated rings. The second-order valence-electron chi connectivity index (χ2n) is 3.70. The molecule has 0 saturated heterocycles. The number of rotatable bonds is 6. The van der Waals surface area contributed by atoms with Crippen molar-refractivity contribution in [2.24, 2.45) is 0 Å². The highest BCUT2D eigenvalue weighted by atomic mass is 16.5. The Morgan fingerprint density at radius 2 is 2.06 bits per heavy atom. The van der Waals surface area contributed by atoms with Crippen molar-refractivity contribution < 1.29 is 19.4 Å². The number of phenols is 1. The lowest BCUT2D eigenvalue weighted by Crippen LogP contribution is -2.06. The normalized spacial score (nSPS) is 10.0. The molecule has 0 unspecified atom stereocenters. The van der Waals surface area contributed by atoms with Gasteiger partial charge >= 0.3 is 5.97 Å². The van der Waals surface area contributed by atoms with Gasteiger partial charge in [-0.3, -0.25) is 4.79 Å². The Morgan fingerprint density at radius 1 is 1.29 bits per heavy atom. The van der Waals surface area contributed by atoms with Crippen molar-refractivity contribution in [2.75, 3.05) is 6.61 Å². The number of ether oxygens (including phenoxy) is 2. The molecular formula is C13H18O4. The Hall–Kier alpha value is -1.71. The molecule has 0 saturated carbocycles. The van der Waals surface area contributed by atoms with Crippen molar-refractivity contribution in [3.63, 3.8) is 0 Å². The summed E-state index contributed by atoms with van der Waals surface area (Å²) in [4.78, 5) is 11.2. The van der Waals surface area contributed by atoms with Gasteiger partial charge < -0.3 is 14.6 Å². The van der Waals surface area contributed by atoms with Gasteiger partial charge in [0, 0.05) is 12.5 Å². The van der Waals surface area contributed by atoms with E-state index < -0.39 is 0 Å². The van der Waals surface area contributed by atoms with Crippen LogP contribution in [0.4, 0.5) is 0 Å². The molecule has 4 heteroatoms. The monoisotopic (exact) mass is 238 g/mol. The molecule has 0 amide bonds. The molecule has 94 valence electrons. The average molecular weight is 238 g/mol. The molecule has 0 aromatic heterocycles. The number of carbonyl (C=O) groups excluding carboxylic acids is 1. The van der Waals surface area contributed by atoms with Crippen LogP contribution in [0.25, 0.3) is 0 Å². The molecule has 0 spiro atoms. The first-order chi connectivity index (χ1) is 8.17. The number of hydrogen-bond donors (Lipinski definition) is 1. The maximum atomic E-state index is 11.2. The second kappa shape index (κ2) is 6.78. The van der Waals surface area contributed by atoms with Crippen molar-refractivity contribution in [1.29, 1.82) is 0 Å². The fraction of sp³-hybridized carbons (Fsp3) is 0.462. The van der Waals surface area contributed by atoms with Crippen LogP contribution in [0.1, 0.15) is 33.1 Å². The van der Waals surface area contributed by atoms with E-state index in [4.69, 9.17) is 9.47 Å². The van der Waals surface area contributed by atoms with E-state index in [9.17, 15) is 9.90 Å². The third-order valence-electron chi connectivity index (χ3n) is 2.08. The highest BCUT2D eigenvalue weighted by molar-refractivity contribution is 5.72. The summed E-state index contributed by atoms with van der Waals surface area (Å²) < 4.78 is 10.3. The third-order valence-corrected chi connectivity index (χ3v) is 2.08. The van der Waals surface area contributed by atoms with Crippen molar-refractivity contribution in [3.05, 3.63) is 18.2 Å². The first kappa shape index (κ1) is 13.4. The molecule has 1 aromatic carbocycles. The van der Waals surface area contributed by atoms with Crippen molar-refractivity contribution in [1.82, 2.24) is 0 Å². The topological polar surface area (TPSA) is 55.8 Å². The standard InChI is InChI=1S/C13H18O4/c1-3-5-13(15)17-10-6-7-12(11(14)9-10)16-8-4-2/h6-7,9,14H,3-5,8H2,1-2H3. The van der Waals surface area contributed by atoms with Gasteiger partial charge in [-0.1, -0.05) is 13.8 Å². The van der Waals surface area contributed by atoms with Gasteiger partial charge in [0.25, 0.3) is 0 Å². The fourth-order valence-corrected chi connectivity index (χ4v) is 1.28. The summed E-state index contributed by atoms with van der Waals surface area (Å²) in [5.74, 6) is 0.432. The lowest BCUT2D eigenvalue weighted by atomic mass is 10.3. The van der Waals surface area contributed by atoms with Gasteiger partial charge in [-0.2, -0.15) is 0 Å². The Bertz CT molecular complexity index is 374. The molecule has 4 nitrogen and oxygen atoms in total. The fourth-order valence-electron chi connectivity index (χ4n) is 1.28. The van der Waals surface area contributed by atoms with E-state index in [0.717, 1.165) is 12.8 Å². The smallest absolute Gasteiger partial charge is 0.311 e. The Morgan fingerprint density at radius 3 is 2.65 bits per heavy atom. The van der Waals surface area contributed by atoms with Crippen molar-refractivity contribution >= 4 is 5.97 Å². The predicted octanol–water partition coefficient (Wildman–Crippen LogP) is 2.89. The summed E-state index contributed by atoms with van der Waals surface area (Å²) >= 11 is 0. The summed E-state index contributed by atoms with van der Waals surface area (Å²) in [7, 11) is 0. The van der Waals surface area contributed by atoms with Crippen LogP contribution in [0.15, 0.2) is 18.2 Å². The zero-order chi connectivity index (χ0) is 12.7. The van der Waals surface area contributed by atoms with E-state index in [1.54, 1.807) is 12.1 Å². The van der Waals surface area contributed by atoms with Gasteiger partial charge in [0.2, 0.25) is 0 Å². The zero-order valence-corrected chi connectivity index (χ0v) is 10.2. The van der Waals surface area contributed by atoms with E-state index in [1.807, 2.05) is 13.8 Å². The van der Waals surface area contributed by atoms with Crippen LogP contribution in [0.5, 0.6) is 17.2 Å². The molecule has 1 N–H and O–H groups in total. The first-order valence-corrected chi connectivity index (χ1v) is 5.83. The molecule has 0 heterocycles. The molecule has 0 aliphatic heterocycles. The quantitative estimate of drug-likeness (QED) is 0.611. The minimum atomic E-state index is -0.297. The van der Waals surface area contributed by atoms with Crippen LogP contribution in [0.2, 0.25) is 0 Å². The largest absolute Gasteiger partial charge is 0.504 e. The van der Waals surface area contributed by atoms with E-state index in [2.05, 4.69) is 0 Å². The Balaban J connectivity index is 2.64. The molecule has 0 radical (unpaired) electrons. The lowest BCUT2D eigenvalue weighted by molar-refractivity contribution is -0.134. The van der Waals surface area contributed by atoms with Gasteiger partial charge in [-0.15, -0.1) is 0 Å². The summed E-state index contributed by atoms with van der Waals surface area (Å²) in [6, 6.07) is 4.59. The van der Waals surface area contributed by atoms with Crippen molar-refractivity contribution in [2.45, 2.75) is 33.1 Å². The van der Waals surface area contributed by atoms with Gasteiger partial charge in [-0.25, -0.2) is 0 Å². The number of benzene rings is 1. The van der Waals surface area contributed by atoms with Crippen LogP contribution in [-0.2, 0) is 4.79 Å². The summed E-state index contributed by atoms with van der Waals surface area (Å²) in [5, 5.41) is 9.64. The van der Waals surface area contributed by atoms with E-state index in [-0.39, 0.29) is 11.7 Å². The highest BCUT2D eigenvalue weighted by Gasteiger charge is 2.07. The molecular weight excluding hydrogens is 220 g/mol. The van der Waals surface area contributed by atoms with E-state index >= 15 is 0 Å². The molecule has 1 rings (SSSR count). The van der Waals surface area contributed by atoms with E-state index in [0.29, 0.717) is 24.5 Å². The summed E-state index contributed by atoms with van der Waals surface area (Å²) in [6.07, 6.45) is 1.98. The average Bonchev–Trinajstić information content (AvgIpc) is 2.28. The molecule has 0 aliphatic carbocycles. The van der Waals surface area contributed by atoms with Gasteiger partial charge in [0.1, 0.15) is 5.75 Å². The van der Waals surface area contributed by atoms with E-state index in [1.165, 1.54) is 6.07 Å². The maximum Gasteiger partial charge on any atom is 0.311 e. The first-order valence-electron chi connectivity index (χ1n) is 5.83. The van der Waals surface area contributed by atoms with Crippen LogP contribution in [0.3, 0.4) is 0 Å². The number of hydrogen-bond acceptors (Lipinski definition) is 4. The number of phenolic OH excluding ortho intramolecular Hbond substituents is 1. The zero-order valence-electron chi connectivity index (χ0n) is 10.2. The van der Waals surface area contributed by atoms with Gasteiger partial charge in [-0.05, 0) is 25.0 Å². The van der Waals surface area contributed by atoms with Crippen molar-refractivity contribution in [3.8, 4) is 17.2 Å². The summed E-state index contributed by atoms with van der Waals surface area (Å²) in [5.41, 5.74) is 0. The minimum Gasteiger partial charge on any atom is -0.504 e. The van der Waals surface area contributed by atoms with Crippen LogP contribution >= 0.6 is 0 Å². The summed E-state index contributed by atoms with van der Waals surface area (Å²) in [6.45, 7) is 4.43. The third kappa shape index (κ3) is 4.34. The van der Waals surface area contributed by atoms with Crippen LogP contribution < -0.4 is 9.47 Å². The molecule has 1 aromatic rings. The van der Waals surface area contributed by atoms with Gasteiger partial charge in [0.05, 0.1) is 6.61 Å². The SMILES string of the molecule is CCCOc1ccc(OC(=O)CCC)cc1O. The molecule has 17 heavy (non-hydrogen) atoms. The maximum absolute atomic E-state index is 11.2. The molecule has 0 bridgehead atoms. The number of aromatic hydroxyl groups is 1. The van der Waals surface area contributed by atoms with Gasteiger partial charge in [0.15, 0.2) is 11.5 Å². The highest BCUT2D eigenvalue weighted by Crippen LogP contribution is 2.30. The molecule has 0 atom stereocenters. The number of esters is 1. The Kier molecular flexibility index (Phi) is 5.33. The van der Waals surface area contributed by atoms with Crippen LogP contribution in [-0.4, -0.2) is 17.7 Å². The number of carbonyl (C=O) groups is 1. The Labute approximate surface area is 101 Å². The molecule has 0 aliphatic rings. The second-order valence-corrected chi connectivity index (χ2v) is 3.70. The predicted molar refractivity (Wildman–Crippen MR) is 64.4 cm³/mol. The lowest BCUT2D eigenvalue weighted by Gasteiger charge is -2.08. The van der Waals surface area contributed by atoms with Crippen LogP contribution in [0, 0.1) is 0 Å².